The van der Waals surface area contributed by atoms with E-state index < -0.39 is 5.66 Å². The first-order valence-corrected chi connectivity index (χ1v) is 9.69. The largest absolute Gasteiger partial charge is 0.370 e. The molecule has 0 aromatic carbocycles. The normalized spacial score (nSPS) is 12.5. The molecule has 8 N–H and O–H groups in total. The summed E-state index contributed by atoms with van der Waals surface area (Å²) in [6.07, 6.45) is 3.47. The lowest BCUT2D eigenvalue weighted by Gasteiger charge is -2.35. The van der Waals surface area contributed by atoms with Crippen LogP contribution in [-0.4, -0.2) is 54.6 Å². The van der Waals surface area contributed by atoms with Crippen LogP contribution >= 0.6 is 0 Å². The quantitative estimate of drug-likeness (QED) is 0.123. The number of carbonyl (C=O) groups is 2. The Bertz CT molecular complexity index is 471. The molecule has 0 bridgehead atoms. The molecule has 1 atom stereocenters. The number of unbranched alkanes of at least 4 members (excludes halogenated alkanes) is 1. The van der Waals surface area contributed by atoms with E-state index in [-0.39, 0.29) is 24.4 Å². The fourth-order valence-corrected chi connectivity index (χ4v) is 2.41. The molecule has 0 aliphatic carbocycles. The average Bonchev–Trinajstić information content (AvgIpc) is 2.55. The van der Waals surface area contributed by atoms with Crippen LogP contribution in [0.3, 0.4) is 0 Å². The highest BCUT2D eigenvalue weighted by Gasteiger charge is 2.21. The van der Waals surface area contributed by atoms with Crippen molar-refractivity contribution in [3.8, 4) is 0 Å². The lowest BCUT2D eigenvalue weighted by atomic mass is 10.1. The number of rotatable bonds is 14. The van der Waals surface area contributed by atoms with E-state index in [1.807, 2.05) is 27.7 Å². The molecule has 1 unspecified atom stereocenters. The molecule has 0 heterocycles. The van der Waals surface area contributed by atoms with Gasteiger partial charge in [0.2, 0.25) is 11.8 Å². The highest BCUT2D eigenvalue weighted by atomic mass is 16.2. The summed E-state index contributed by atoms with van der Waals surface area (Å²) >= 11 is 0. The van der Waals surface area contributed by atoms with Crippen LogP contribution in [0.15, 0.2) is 4.99 Å². The Kier molecular flexibility index (Phi) is 12.4. The number of aliphatic imine (C=N–C) groups is 1. The smallest absolute Gasteiger partial charge is 0.222 e. The van der Waals surface area contributed by atoms with Crippen LogP contribution in [0.1, 0.15) is 59.8 Å². The van der Waals surface area contributed by atoms with E-state index in [0.29, 0.717) is 31.8 Å². The molecule has 2 amide bonds. The zero-order valence-electron chi connectivity index (χ0n) is 17.4. The first-order chi connectivity index (χ1) is 12.6. The Morgan fingerprint density at radius 1 is 1.11 bits per heavy atom. The molecule has 0 aromatic rings. The van der Waals surface area contributed by atoms with Gasteiger partial charge in [-0.05, 0) is 39.2 Å². The van der Waals surface area contributed by atoms with Crippen molar-refractivity contribution >= 4 is 17.8 Å². The zero-order valence-corrected chi connectivity index (χ0v) is 17.4. The van der Waals surface area contributed by atoms with Gasteiger partial charge in [-0.15, -0.1) is 0 Å². The number of nitrogens with two attached hydrogens (primary N) is 3. The summed E-state index contributed by atoms with van der Waals surface area (Å²) in [5.74, 6) is 0.274. The molecule has 0 radical (unpaired) electrons. The van der Waals surface area contributed by atoms with Crippen molar-refractivity contribution < 1.29 is 9.59 Å². The van der Waals surface area contributed by atoms with E-state index >= 15 is 0 Å². The van der Waals surface area contributed by atoms with E-state index in [9.17, 15) is 9.59 Å². The highest BCUT2D eigenvalue weighted by Crippen LogP contribution is 2.10. The van der Waals surface area contributed by atoms with E-state index in [2.05, 4.69) is 20.5 Å². The summed E-state index contributed by atoms with van der Waals surface area (Å²) in [7, 11) is 0. The van der Waals surface area contributed by atoms with Crippen LogP contribution in [0.2, 0.25) is 0 Å². The predicted octanol–water partition coefficient (Wildman–Crippen LogP) is 0.0530. The number of nitrogens with one attached hydrogen (secondary N) is 2. The Hall–Kier alpha value is -1.87. The first kappa shape index (κ1) is 25.1. The van der Waals surface area contributed by atoms with E-state index in [1.54, 1.807) is 0 Å². The minimum Gasteiger partial charge on any atom is -0.370 e. The third-order valence-corrected chi connectivity index (χ3v) is 4.36. The lowest BCUT2D eigenvalue weighted by Crippen LogP contribution is -2.52. The maximum Gasteiger partial charge on any atom is 0.222 e. The Morgan fingerprint density at radius 2 is 1.74 bits per heavy atom. The molecule has 9 heteroatoms. The summed E-state index contributed by atoms with van der Waals surface area (Å²) < 4.78 is 0. The molecule has 0 aliphatic heterocycles. The maximum atomic E-state index is 12.0. The number of hydrogen-bond acceptors (Lipinski definition) is 5. The monoisotopic (exact) mass is 385 g/mol. The van der Waals surface area contributed by atoms with Crippen molar-refractivity contribution in [1.82, 2.24) is 15.5 Å². The Labute approximate surface area is 163 Å². The van der Waals surface area contributed by atoms with Crippen molar-refractivity contribution in [1.29, 1.82) is 0 Å². The van der Waals surface area contributed by atoms with Gasteiger partial charge in [-0.3, -0.25) is 19.5 Å². The number of hydrogen-bond donors (Lipinski definition) is 5. The Balaban J connectivity index is 4.14. The van der Waals surface area contributed by atoms with Gasteiger partial charge >= 0.3 is 0 Å². The SMILES string of the molecule is CCC(C)CC(=O)NCNC(=O)CCN(CCCCN=C(N)N)C(C)(C)N. The van der Waals surface area contributed by atoms with Crippen molar-refractivity contribution in [2.45, 2.75) is 65.5 Å². The number of nitrogens with zero attached hydrogens (tertiary/aromatic N) is 2. The van der Waals surface area contributed by atoms with Gasteiger partial charge in [0.05, 0.1) is 12.3 Å². The van der Waals surface area contributed by atoms with E-state index in [1.165, 1.54) is 0 Å². The minimum absolute atomic E-state index is 0.0462. The fourth-order valence-electron chi connectivity index (χ4n) is 2.41. The highest BCUT2D eigenvalue weighted by molar-refractivity contribution is 5.78. The first-order valence-electron chi connectivity index (χ1n) is 9.69. The molecular weight excluding hydrogens is 346 g/mol. The molecule has 0 saturated heterocycles. The standard InChI is InChI=1S/C18H39N7O2/c1-5-14(2)12-16(27)24-13-23-15(26)8-11-25(18(3,4)21)10-7-6-9-22-17(19)20/h14H,5-13,21H2,1-4H3,(H,23,26)(H,24,27)(H4,19,20,22). The summed E-state index contributed by atoms with van der Waals surface area (Å²) in [5.41, 5.74) is 16.3. The maximum absolute atomic E-state index is 12.0. The van der Waals surface area contributed by atoms with Gasteiger partial charge in [0, 0.05) is 25.9 Å². The Morgan fingerprint density at radius 3 is 2.30 bits per heavy atom. The number of amides is 2. The summed E-state index contributed by atoms with van der Waals surface area (Å²) in [6.45, 7) is 9.92. The zero-order chi connectivity index (χ0) is 20.9. The lowest BCUT2D eigenvalue weighted by molar-refractivity contribution is -0.123. The van der Waals surface area contributed by atoms with Crippen LogP contribution < -0.4 is 27.8 Å². The van der Waals surface area contributed by atoms with Gasteiger partial charge in [0.15, 0.2) is 5.96 Å². The topological polar surface area (TPSA) is 152 Å². The second-order valence-corrected chi connectivity index (χ2v) is 7.50. The molecule has 0 saturated carbocycles. The van der Waals surface area contributed by atoms with Gasteiger partial charge in [0.1, 0.15) is 0 Å². The van der Waals surface area contributed by atoms with E-state index in [0.717, 1.165) is 25.8 Å². The second kappa shape index (κ2) is 13.3. The third-order valence-electron chi connectivity index (χ3n) is 4.36. The van der Waals surface area contributed by atoms with Crippen molar-refractivity contribution in [2.24, 2.45) is 28.1 Å². The molecule has 158 valence electrons. The van der Waals surface area contributed by atoms with Gasteiger partial charge in [-0.25, -0.2) is 0 Å². The second-order valence-electron chi connectivity index (χ2n) is 7.50. The van der Waals surface area contributed by atoms with E-state index in [4.69, 9.17) is 17.2 Å². The molecule has 0 spiro atoms. The van der Waals surface area contributed by atoms with Gasteiger partial charge < -0.3 is 27.8 Å². The van der Waals surface area contributed by atoms with Crippen LogP contribution in [0.4, 0.5) is 0 Å². The van der Waals surface area contributed by atoms with Crippen LogP contribution in [-0.2, 0) is 9.59 Å². The average molecular weight is 386 g/mol. The molecule has 0 rings (SSSR count). The van der Waals surface area contributed by atoms with Crippen molar-refractivity contribution in [2.75, 3.05) is 26.3 Å². The van der Waals surface area contributed by atoms with Crippen LogP contribution in [0.25, 0.3) is 0 Å². The van der Waals surface area contributed by atoms with Crippen molar-refractivity contribution in [3.63, 3.8) is 0 Å². The third kappa shape index (κ3) is 13.9. The van der Waals surface area contributed by atoms with Crippen LogP contribution in [0.5, 0.6) is 0 Å². The van der Waals surface area contributed by atoms with Gasteiger partial charge in [0.25, 0.3) is 0 Å². The van der Waals surface area contributed by atoms with Gasteiger partial charge in [-0.1, -0.05) is 20.3 Å². The number of guanidine groups is 1. The molecule has 9 nitrogen and oxygen atoms in total. The van der Waals surface area contributed by atoms with Gasteiger partial charge in [-0.2, -0.15) is 0 Å². The summed E-state index contributed by atoms with van der Waals surface area (Å²) in [5, 5.41) is 5.43. The van der Waals surface area contributed by atoms with Crippen LogP contribution in [0, 0.1) is 5.92 Å². The molecule has 0 aromatic heterocycles. The summed E-state index contributed by atoms with van der Waals surface area (Å²) in [6, 6.07) is 0. The van der Waals surface area contributed by atoms with Crippen molar-refractivity contribution in [3.05, 3.63) is 0 Å². The molecule has 0 fully saturated rings. The molecule has 0 aliphatic rings. The number of carbonyl (C=O) groups excluding carboxylic acids is 2. The molecular formula is C18H39N7O2. The predicted molar refractivity (Wildman–Crippen MR) is 110 cm³/mol. The molecule has 27 heavy (non-hydrogen) atoms. The summed E-state index contributed by atoms with van der Waals surface area (Å²) in [4.78, 5) is 29.7. The minimum atomic E-state index is -0.527. The fraction of sp³-hybridized carbons (Fsp3) is 0.833.